The van der Waals surface area contributed by atoms with Gasteiger partial charge < -0.3 is 9.64 Å². The molecule has 0 rings (SSSR count). The van der Waals surface area contributed by atoms with Gasteiger partial charge in [0.25, 0.3) is 0 Å². The summed E-state index contributed by atoms with van der Waals surface area (Å²) in [5.74, 6) is -0.211. The number of rotatable bonds is 6. The molecule has 0 saturated heterocycles. The van der Waals surface area contributed by atoms with Gasteiger partial charge in [0.2, 0.25) is 0 Å². The third-order valence-corrected chi connectivity index (χ3v) is 1.52. The van der Waals surface area contributed by atoms with Gasteiger partial charge in [-0.2, -0.15) is 0 Å². The van der Waals surface area contributed by atoms with E-state index in [1.165, 1.54) is 6.92 Å². The number of aliphatic imine (C=N–C) groups is 2. The summed E-state index contributed by atoms with van der Waals surface area (Å²) in [5, 5.41) is 0. The van der Waals surface area contributed by atoms with Crippen LogP contribution in [-0.4, -0.2) is 73.9 Å². The largest absolute Gasteiger partial charge is 0.466 e. The summed E-state index contributed by atoms with van der Waals surface area (Å²) in [7, 11) is 3.51. The van der Waals surface area contributed by atoms with Crippen molar-refractivity contribution in [3.05, 3.63) is 0 Å². The molecule has 0 aromatic carbocycles. The predicted octanol–water partition coefficient (Wildman–Crippen LogP) is 1.70. The van der Waals surface area contributed by atoms with Gasteiger partial charge in [-0.05, 0) is 40.9 Å². The van der Waals surface area contributed by atoms with Crippen molar-refractivity contribution in [2.24, 2.45) is 9.98 Å². The van der Waals surface area contributed by atoms with Gasteiger partial charge in [0.1, 0.15) is 0 Å². The van der Waals surface area contributed by atoms with E-state index in [0.29, 0.717) is 6.61 Å². The smallest absolute Gasteiger partial charge is 0.302 e. The zero-order valence-electron chi connectivity index (χ0n) is 14.5. The fraction of sp³-hybridized carbons (Fsp3) is 0.857. The van der Waals surface area contributed by atoms with E-state index in [2.05, 4.69) is 39.7 Å². The highest BCUT2D eigenvalue weighted by Crippen LogP contribution is 1.82. The SMILES string of the molecule is CCN=C=NCCCN(C)C.CCOC(C)=O.CS(C)=O. The van der Waals surface area contributed by atoms with E-state index in [1.807, 2.05) is 6.92 Å². The molecule has 0 atom stereocenters. The van der Waals surface area contributed by atoms with Crippen LogP contribution in [0.1, 0.15) is 27.2 Å². The Labute approximate surface area is 132 Å². The molecule has 0 aromatic heterocycles. The number of carbonyl (C=O) groups excluding carboxylic acids is 1. The second kappa shape index (κ2) is 21.3. The highest BCUT2D eigenvalue weighted by molar-refractivity contribution is 7.83. The average Bonchev–Trinajstić information content (AvgIpc) is 2.33. The van der Waals surface area contributed by atoms with E-state index in [4.69, 9.17) is 0 Å². The van der Waals surface area contributed by atoms with Gasteiger partial charge in [0, 0.05) is 36.8 Å². The first-order valence-corrected chi connectivity index (χ1v) is 8.85. The Bertz CT molecular complexity index is 311. The maximum absolute atomic E-state index is 9.82. The van der Waals surface area contributed by atoms with Crippen LogP contribution < -0.4 is 0 Å². The van der Waals surface area contributed by atoms with Gasteiger partial charge in [-0.1, -0.05) is 0 Å². The normalized spacial score (nSPS) is 8.81. The molecular formula is C14H31N3O3S. The minimum absolute atomic E-state index is 0.211. The Morgan fingerprint density at radius 1 is 1.24 bits per heavy atom. The maximum Gasteiger partial charge on any atom is 0.302 e. The minimum Gasteiger partial charge on any atom is -0.466 e. The molecule has 7 heteroatoms. The summed E-state index contributed by atoms with van der Waals surface area (Å²) >= 11 is 0. The standard InChI is InChI=1S/C8H17N3.C4H8O2.C2H6OS/c1-4-9-8-10-6-5-7-11(2)3;1-3-6-4(2)5;1-4(2)3/h4-7H2,1-3H3;3H2,1-2H3;1-2H3. The molecule has 6 nitrogen and oxygen atoms in total. The van der Waals surface area contributed by atoms with Gasteiger partial charge in [0.05, 0.1) is 19.2 Å². The molecule has 0 bridgehead atoms. The number of hydrogen-bond acceptors (Lipinski definition) is 6. The zero-order valence-corrected chi connectivity index (χ0v) is 15.3. The van der Waals surface area contributed by atoms with Crippen molar-refractivity contribution in [2.45, 2.75) is 27.2 Å². The zero-order chi connectivity index (χ0) is 17.1. The lowest BCUT2D eigenvalue weighted by Crippen LogP contribution is -2.13. The highest BCUT2D eigenvalue weighted by atomic mass is 32.2. The predicted molar refractivity (Wildman–Crippen MR) is 90.7 cm³/mol. The van der Waals surface area contributed by atoms with Gasteiger partial charge in [-0.25, -0.2) is 9.98 Å². The van der Waals surface area contributed by atoms with Crippen molar-refractivity contribution in [1.29, 1.82) is 0 Å². The van der Waals surface area contributed by atoms with Gasteiger partial charge in [-0.3, -0.25) is 9.00 Å². The molecule has 0 spiro atoms. The second-order valence-corrected chi connectivity index (χ2v) is 5.76. The molecule has 0 radical (unpaired) electrons. The fourth-order valence-corrected chi connectivity index (χ4v) is 0.840. The molecule has 0 aliphatic rings. The summed E-state index contributed by atoms with van der Waals surface area (Å²) < 4.78 is 14.0. The van der Waals surface area contributed by atoms with Crippen LogP contribution in [0.4, 0.5) is 0 Å². The van der Waals surface area contributed by atoms with Crippen molar-refractivity contribution in [2.75, 3.05) is 52.8 Å². The Hall–Kier alpha value is -1.04. The third-order valence-electron chi connectivity index (χ3n) is 1.52. The number of carbonyl (C=O) groups is 1. The Morgan fingerprint density at radius 3 is 2.05 bits per heavy atom. The van der Waals surface area contributed by atoms with Crippen molar-refractivity contribution >= 4 is 22.8 Å². The summed E-state index contributed by atoms with van der Waals surface area (Å²) in [6, 6.07) is 2.64. The van der Waals surface area contributed by atoms with Crippen LogP contribution in [0.15, 0.2) is 9.98 Å². The molecule has 0 unspecified atom stereocenters. The maximum atomic E-state index is 9.82. The van der Waals surface area contributed by atoms with E-state index in [-0.39, 0.29) is 5.97 Å². The molecular weight excluding hydrogens is 290 g/mol. The summed E-state index contributed by atoms with van der Waals surface area (Å²) in [6.45, 7) is 8.32. The van der Waals surface area contributed by atoms with Crippen molar-refractivity contribution in [3.8, 4) is 0 Å². The van der Waals surface area contributed by atoms with E-state index >= 15 is 0 Å². The number of nitrogens with zero attached hydrogens (tertiary/aromatic N) is 3. The molecule has 126 valence electrons. The van der Waals surface area contributed by atoms with Crippen molar-refractivity contribution < 1.29 is 13.7 Å². The molecule has 0 amide bonds. The third kappa shape index (κ3) is 55.0. The highest BCUT2D eigenvalue weighted by Gasteiger charge is 1.86. The van der Waals surface area contributed by atoms with E-state index in [9.17, 15) is 9.00 Å². The minimum atomic E-state index is -0.611. The molecule has 0 aliphatic heterocycles. The van der Waals surface area contributed by atoms with Crippen LogP contribution in [0, 0.1) is 0 Å². The number of esters is 1. The first kappa shape index (κ1) is 24.9. The van der Waals surface area contributed by atoms with E-state index in [1.54, 1.807) is 19.4 Å². The molecule has 0 saturated carbocycles. The van der Waals surface area contributed by atoms with Crippen LogP contribution in [0.25, 0.3) is 0 Å². The van der Waals surface area contributed by atoms with Crippen LogP contribution in [-0.2, 0) is 20.3 Å². The van der Waals surface area contributed by atoms with Crippen molar-refractivity contribution in [1.82, 2.24) is 4.90 Å². The van der Waals surface area contributed by atoms with Gasteiger partial charge >= 0.3 is 5.97 Å². The Morgan fingerprint density at radius 2 is 1.76 bits per heavy atom. The lowest BCUT2D eigenvalue weighted by atomic mass is 10.4. The fourth-order valence-electron chi connectivity index (χ4n) is 0.840. The molecule has 0 N–H and O–H groups in total. The van der Waals surface area contributed by atoms with Crippen LogP contribution in [0.3, 0.4) is 0 Å². The average molecular weight is 321 g/mol. The first-order valence-electron chi connectivity index (χ1n) is 6.88. The molecule has 0 fully saturated rings. The topological polar surface area (TPSA) is 71.3 Å². The lowest BCUT2D eigenvalue weighted by Gasteiger charge is -2.05. The van der Waals surface area contributed by atoms with Crippen LogP contribution >= 0.6 is 0 Å². The lowest BCUT2D eigenvalue weighted by molar-refractivity contribution is -0.140. The van der Waals surface area contributed by atoms with Crippen LogP contribution in [0.5, 0.6) is 0 Å². The summed E-state index contributed by atoms with van der Waals surface area (Å²) in [4.78, 5) is 19.8. The van der Waals surface area contributed by atoms with Crippen LogP contribution in [0.2, 0.25) is 0 Å². The van der Waals surface area contributed by atoms with E-state index in [0.717, 1.165) is 26.1 Å². The monoisotopic (exact) mass is 321 g/mol. The quantitative estimate of drug-likeness (QED) is 0.424. The number of ether oxygens (including phenoxy) is 1. The van der Waals surface area contributed by atoms with E-state index < -0.39 is 10.8 Å². The Kier molecular flexibility index (Phi) is 25.3. The van der Waals surface area contributed by atoms with Gasteiger partial charge in [0.15, 0.2) is 0 Å². The Balaban J connectivity index is -0.000000272. The number of hydrogen-bond donors (Lipinski definition) is 0. The van der Waals surface area contributed by atoms with Crippen molar-refractivity contribution in [3.63, 3.8) is 0 Å². The molecule has 0 aromatic rings. The first-order chi connectivity index (χ1) is 9.77. The molecule has 0 aliphatic carbocycles. The summed E-state index contributed by atoms with van der Waals surface area (Å²) in [5.41, 5.74) is 0. The van der Waals surface area contributed by atoms with Gasteiger partial charge in [-0.15, -0.1) is 0 Å². The summed E-state index contributed by atoms with van der Waals surface area (Å²) in [6.07, 6.45) is 4.36. The molecule has 0 heterocycles. The second-order valence-electron chi connectivity index (χ2n) is 4.28. The molecule has 21 heavy (non-hydrogen) atoms.